The van der Waals surface area contributed by atoms with Crippen molar-refractivity contribution in [2.24, 2.45) is 4.99 Å². The normalized spacial score (nSPS) is 13.6. The highest BCUT2D eigenvalue weighted by molar-refractivity contribution is 14.0. The first-order valence-electron chi connectivity index (χ1n) is 9.31. The monoisotopic (exact) mass is 455 g/mol. The number of nitrogens with zero attached hydrogens (tertiary/aromatic N) is 3. The first-order chi connectivity index (χ1) is 10.9. The molecule has 6 heteroatoms. The maximum absolute atomic E-state index is 4.32. The minimum absolute atomic E-state index is 0. The molecule has 0 amide bonds. The lowest BCUT2D eigenvalue weighted by Gasteiger charge is -2.30. The van der Waals surface area contributed by atoms with E-state index in [1.54, 1.807) is 0 Å². The summed E-state index contributed by atoms with van der Waals surface area (Å²) in [6.07, 6.45) is 1.13. The average molecular weight is 455 g/mol. The summed E-state index contributed by atoms with van der Waals surface area (Å²) in [7, 11) is 1.84. The number of likely N-dealkylation sites (N-methyl/N-ethyl adjacent to an activating group) is 1. The van der Waals surface area contributed by atoms with Crippen LogP contribution < -0.4 is 10.6 Å². The molecular weight excluding hydrogens is 413 g/mol. The van der Waals surface area contributed by atoms with Crippen molar-refractivity contribution in [3.8, 4) is 0 Å². The van der Waals surface area contributed by atoms with E-state index in [9.17, 15) is 0 Å². The van der Waals surface area contributed by atoms with Crippen LogP contribution in [0, 0.1) is 0 Å². The number of halogens is 1. The average Bonchev–Trinajstić information content (AvgIpc) is 2.50. The van der Waals surface area contributed by atoms with E-state index in [1.807, 2.05) is 7.05 Å². The van der Waals surface area contributed by atoms with Gasteiger partial charge in [0.1, 0.15) is 0 Å². The number of rotatable bonds is 11. The Morgan fingerprint density at radius 2 is 1.50 bits per heavy atom. The Kier molecular flexibility index (Phi) is 16.6. The van der Waals surface area contributed by atoms with Gasteiger partial charge in [0.15, 0.2) is 5.96 Å². The second-order valence-electron chi connectivity index (χ2n) is 6.73. The quantitative estimate of drug-likeness (QED) is 0.218. The molecule has 0 radical (unpaired) electrons. The molecule has 0 aliphatic rings. The zero-order valence-electron chi connectivity index (χ0n) is 17.2. The third-order valence-corrected chi connectivity index (χ3v) is 4.44. The molecule has 0 aliphatic carbocycles. The van der Waals surface area contributed by atoms with E-state index < -0.39 is 0 Å². The van der Waals surface area contributed by atoms with Crippen LogP contribution in [0.2, 0.25) is 0 Å². The predicted octanol–water partition coefficient (Wildman–Crippen LogP) is 3.01. The highest BCUT2D eigenvalue weighted by atomic mass is 127. The maximum atomic E-state index is 4.32. The fraction of sp³-hybridized carbons (Fsp3) is 0.944. The first kappa shape index (κ1) is 26.2. The van der Waals surface area contributed by atoms with Gasteiger partial charge in [-0.1, -0.05) is 13.8 Å². The molecule has 1 unspecified atom stereocenters. The van der Waals surface area contributed by atoms with E-state index in [-0.39, 0.29) is 24.0 Å². The summed E-state index contributed by atoms with van der Waals surface area (Å²) in [5.41, 5.74) is 0. The van der Waals surface area contributed by atoms with Gasteiger partial charge in [0.25, 0.3) is 0 Å². The van der Waals surface area contributed by atoms with Gasteiger partial charge in [-0.05, 0) is 54.1 Å². The SMILES string of the molecule is CCN(CC)C(C)CNC(=NC)NCCCN(C(C)C)C(C)C.I. The summed E-state index contributed by atoms with van der Waals surface area (Å²) in [5.74, 6) is 0.907. The van der Waals surface area contributed by atoms with Crippen LogP contribution in [0.15, 0.2) is 4.99 Å². The smallest absolute Gasteiger partial charge is 0.191 e. The number of hydrogen-bond acceptors (Lipinski definition) is 3. The second-order valence-corrected chi connectivity index (χ2v) is 6.73. The molecule has 0 aliphatic heterocycles. The molecule has 2 N–H and O–H groups in total. The third-order valence-electron chi connectivity index (χ3n) is 4.44. The molecule has 0 aromatic heterocycles. The van der Waals surface area contributed by atoms with Crippen LogP contribution in [0.1, 0.15) is 54.9 Å². The Morgan fingerprint density at radius 1 is 0.958 bits per heavy atom. The van der Waals surface area contributed by atoms with E-state index in [2.05, 4.69) is 73.9 Å². The summed E-state index contributed by atoms with van der Waals surface area (Å²) in [4.78, 5) is 9.30. The fourth-order valence-electron chi connectivity index (χ4n) is 3.02. The van der Waals surface area contributed by atoms with Crippen LogP contribution in [0.25, 0.3) is 0 Å². The third kappa shape index (κ3) is 10.7. The van der Waals surface area contributed by atoms with Gasteiger partial charge in [0.05, 0.1) is 0 Å². The van der Waals surface area contributed by atoms with Crippen LogP contribution in [0.5, 0.6) is 0 Å². The van der Waals surface area contributed by atoms with E-state index in [0.29, 0.717) is 18.1 Å². The number of hydrogen-bond donors (Lipinski definition) is 2. The van der Waals surface area contributed by atoms with E-state index in [0.717, 1.165) is 45.1 Å². The van der Waals surface area contributed by atoms with Crippen LogP contribution >= 0.6 is 24.0 Å². The van der Waals surface area contributed by atoms with Crippen LogP contribution in [-0.2, 0) is 0 Å². The molecule has 0 spiro atoms. The molecule has 146 valence electrons. The summed E-state index contributed by atoms with van der Waals surface area (Å²) in [6, 6.07) is 1.71. The summed E-state index contributed by atoms with van der Waals surface area (Å²) < 4.78 is 0. The van der Waals surface area contributed by atoms with Gasteiger partial charge in [-0.3, -0.25) is 14.8 Å². The molecule has 0 aromatic carbocycles. The van der Waals surface area contributed by atoms with Crippen LogP contribution in [-0.4, -0.2) is 73.7 Å². The predicted molar refractivity (Wildman–Crippen MR) is 119 cm³/mol. The van der Waals surface area contributed by atoms with E-state index in [4.69, 9.17) is 0 Å². The zero-order chi connectivity index (χ0) is 17.8. The lowest BCUT2D eigenvalue weighted by atomic mass is 10.2. The van der Waals surface area contributed by atoms with Crippen molar-refractivity contribution in [1.29, 1.82) is 0 Å². The Hall–Kier alpha value is -0.0800. The molecular formula is C18H42IN5. The van der Waals surface area contributed by atoms with E-state index >= 15 is 0 Å². The molecule has 24 heavy (non-hydrogen) atoms. The largest absolute Gasteiger partial charge is 0.356 e. The van der Waals surface area contributed by atoms with Crippen molar-refractivity contribution < 1.29 is 0 Å². The maximum Gasteiger partial charge on any atom is 0.191 e. The van der Waals surface area contributed by atoms with Gasteiger partial charge in [0.2, 0.25) is 0 Å². The first-order valence-corrected chi connectivity index (χ1v) is 9.31. The molecule has 0 fully saturated rings. The topological polar surface area (TPSA) is 42.9 Å². The van der Waals surface area contributed by atoms with E-state index in [1.165, 1.54) is 0 Å². The molecule has 0 bridgehead atoms. The van der Waals surface area contributed by atoms with Crippen molar-refractivity contribution >= 4 is 29.9 Å². The van der Waals surface area contributed by atoms with Crippen molar-refractivity contribution in [3.63, 3.8) is 0 Å². The lowest BCUT2D eigenvalue weighted by molar-refractivity contribution is 0.173. The van der Waals surface area contributed by atoms with Crippen LogP contribution in [0.3, 0.4) is 0 Å². The number of guanidine groups is 1. The fourth-order valence-corrected chi connectivity index (χ4v) is 3.02. The Balaban J connectivity index is 0. The number of aliphatic imine (C=N–C) groups is 1. The molecule has 0 aromatic rings. The summed E-state index contributed by atoms with van der Waals surface area (Å²) in [5, 5.41) is 6.86. The minimum atomic E-state index is 0. The highest BCUT2D eigenvalue weighted by Gasteiger charge is 2.13. The second kappa shape index (κ2) is 15.2. The van der Waals surface area contributed by atoms with Crippen molar-refractivity contribution in [3.05, 3.63) is 0 Å². The molecule has 1 atom stereocenters. The Bertz CT molecular complexity index is 309. The van der Waals surface area contributed by atoms with Gasteiger partial charge in [-0.25, -0.2) is 0 Å². The van der Waals surface area contributed by atoms with Crippen molar-refractivity contribution in [1.82, 2.24) is 20.4 Å². The standard InChI is InChI=1S/C18H41N5.HI/c1-9-22(10-2)17(7)14-21-18(19-8)20-12-11-13-23(15(3)4)16(5)6;/h15-17H,9-14H2,1-8H3,(H2,19,20,21);1H. The number of nitrogens with one attached hydrogen (secondary N) is 2. The molecule has 0 rings (SSSR count). The van der Waals surface area contributed by atoms with Gasteiger partial charge in [-0.2, -0.15) is 0 Å². The lowest BCUT2D eigenvalue weighted by Crippen LogP contribution is -2.46. The molecule has 5 nitrogen and oxygen atoms in total. The van der Waals surface area contributed by atoms with Gasteiger partial charge in [-0.15, -0.1) is 24.0 Å². The van der Waals surface area contributed by atoms with Crippen LogP contribution in [0.4, 0.5) is 0 Å². The Morgan fingerprint density at radius 3 is 1.92 bits per heavy atom. The van der Waals surface area contributed by atoms with Crippen molar-refractivity contribution in [2.75, 3.05) is 39.8 Å². The minimum Gasteiger partial charge on any atom is -0.356 e. The summed E-state index contributed by atoms with van der Waals surface area (Å²) >= 11 is 0. The molecule has 0 saturated carbocycles. The Labute approximate surface area is 168 Å². The molecule has 0 heterocycles. The van der Waals surface area contributed by atoms with Gasteiger partial charge in [0, 0.05) is 44.8 Å². The summed E-state index contributed by atoms with van der Waals surface area (Å²) in [6.45, 7) is 20.9. The van der Waals surface area contributed by atoms with Gasteiger partial charge < -0.3 is 10.6 Å². The highest BCUT2D eigenvalue weighted by Crippen LogP contribution is 2.05. The molecule has 0 saturated heterocycles. The van der Waals surface area contributed by atoms with Gasteiger partial charge >= 0.3 is 0 Å². The zero-order valence-corrected chi connectivity index (χ0v) is 19.6. The van der Waals surface area contributed by atoms with Crippen molar-refractivity contribution in [2.45, 2.75) is 73.0 Å².